The number of rotatable bonds is 4. The minimum Gasteiger partial charge on any atom is -0.374 e. The molecule has 0 spiro atoms. The van der Waals surface area contributed by atoms with Gasteiger partial charge < -0.3 is 20.3 Å². The molecule has 0 bridgehead atoms. The van der Waals surface area contributed by atoms with Gasteiger partial charge in [0.15, 0.2) is 0 Å². The molecule has 1 unspecified atom stereocenters. The molecule has 1 aromatic heterocycles. The van der Waals surface area contributed by atoms with Crippen molar-refractivity contribution in [3.63, 3.8) is 0 Å². The van der Waals surface area contributed by atoms with E-state index in [9.17, 15) is 0 Å². The molecule has 17 heavy (non-hydrogen) atoms. The Hall–Kier alpha value is -1.33. The molecule has 1 saturated heterocycles. The first-order valence-corrected chi connectivity index (χ1v) is 5.97. The Morgan fingerprint density at radius 1 is 1.47 bits per heavy atom. The number of nitrogens with one attached hydrogen (secondary N) is 2. The molecule has 1 aliphatic heterocycles. The third-order valence-corrected chi connectivity index (χ3v) is 2.86. The quantitative estimate of drug-likeness (QED) is 0.812. The van der Waals surface area contributed by atoms with Crippen molar-refractivity contribution in [3.8, 4) is 0 Å². The Bertz CT molecular complexity index is 358. The number of aromatic nitrogens is 1. The number of nitrogens with zero attached hydrogens (tertiary/aromatic N) is 2. The highest BCUT2D eigenvalue weighted by Crippen LogP contribution is 2.09. The predicted molar refractivity (Wildman–Crippen MR) is 69.5 cm³/mol. The number of likely N-dealkylation sites (N-methyl/N-ethyl adjacent to an activating group) is 1. The van der Waals surface area contributed by atoms with Gasteiger partial charge in [-0.15, -0.1) is 0 Å². The third kappa shape index (κ3) is 3.57. The van der Waals surface area contributed by atoms with Crippen LogP contribution in [0, 0.1) is 0 Å². The zero-order valence-electron chi connectivity index (χ0n) is 10.4. The van der Waals surface area contributed by atoms with Gasteiger partial charge in [-0.3, -0.25) is 0 Å². The zero-order valence-corrected chi connectivity index (χ0v) is 10.4. The van der Waals surface area contributed by atoms with Crippen LogP contribution in [-0.4, -0.2) is 56.3 Å². The third-order valence-electron chi connectivity index (χ3n) is 2.86. The van der Waals surface area contributed by atoms with Crippen molar-refractivity contribution >= 4 is 11.6 Å². The van der Waals surface area contributed by atoms with Crippen molar-refractivity contribution in [2.75, 3.05) is 51.0 Å². The number of morpholine rings is 1. The van der Waals surface area contributed by atoms with Crippen LogP contribution in [0.15, 0.2) is 18.2 Å². The number of hydrogen-bond acceptors (Lipinski definition) is 5. The summed E-state index contributed by atoms with van der Waals surface area (Å²) < 4.78 is 5.68. The van der Waals surface area contributed by atoms with Gasteiger partial charge in [0.2, 0.25) is 0 Å². The summed E-state index contributed by atoms with van der Waals surface area (Å²) in [6.07, 6.45) is 0.244. The van der Waals surface area contributed by atoms with E-state index < -0.39 is 0 Å². The second kappa shape index (κ2) is 5.84. The van der Waals surface area contributed by atoms with Crippen LogP contribution in [0.1, 0.15) is 0 Å². The molecule has 94 valence electrons. The molecule has 1 aromatic rings. The molecule has 2 rings (SSSR count). The standard InChI is InChI=1S/C12H20N4O/c1-13-11-4-3-5-12(15-11)14-8-10-9-16(2)6-7-17-10/h3-5,10H,6-9H2,1-2H3,(H2,13,14,15). The van der Waals surface area contributed by atoms with Crippen LogP contribution in [-0.2, 0) is 4.74 Å². The average Bonchev–Trinajstić information content (AvgIpc) is 2.37. The fraction of sp³-hybridized carbons (Fsp3) is 0.583. The molecular weight excluding hydrogens is 216 g/mol. The minimum absolute atomic E-state index is 0.244. The van der Waals surface area contributed by atoms with Crippen LogP contribution in [0.5, 0.6) is 0 Å². The Balaban J connectivity index is 1.84. The summed E-state index contributed by atoms with van der Waals surface area (Å²) in [4.78, 5) is 6.69. The molecular formula is C12H20N4O. The number of ether oxygens (including phenoxy) is 1. The molecule has 0 saturated carbocycles. The summed E-state index contributed by atoms with van der Waals surface area (Å²) in [5, 5.41) is 6.33. The van der Waals surface area contributed by atoms with E-state index in [4.69, 9.17) is 4.74 Å². The Morgan fingerprint density at radius 2 is 2.29 bits per heavy atom. The SMILES string of the molecule is CNc1cccc(NCC2CN(C)CCO2)n1. The highest BCUT2D eigenvalue weighted by molar-refractivity contribution is 5.44. The Morgan fingerprint density at radius 3 is 3.06 bits per heavy atom. The van der Waals surface area contributed by atoms with Crippen LogP contribution in [0.4, 0.5) is 11.6 Å². The van der Waals surface area contributed by atoms with Crippen LogP contribution in [0.25, 0.3) is 0 Å². The van der Waals surface area contributed by atoms with Gasteiger partial charge in [0.25, 0.3) is 0 Å². The van der Waals surface area contributed by atoms with E-state index in [0.717, 1.165) is 37.9 Å². The Labute approximate surface area is 102 Å². The monoisotopic (exact) mass is 236 g/mol. The molecule has 5 heteroatoms. The van der Waals surface area contributed by atoms with E-state index in [2.05, 4.69) is 27.6 Å². The molecule has 1 fully saturated rings. The van der Waals surface area contributed by atoms with Crippen LogP contribution < -0.4 is 10.6 Å². The molecule has 1 atom stereocenters. The highest BCUT2D eigenvalue weighted by Gasteiger charge is 2.17. The van der Waals surface area contributed by atoms with E-state index in [1.54, 1.807) is 0 Å². The van der Waals surface area contributed by atoms with Gasteiger partial charge in [0.05, 0.1) is 12.7 Å². The lowest BCUT2D eigenvalue weighted by Crippen LogP contribution is -2.43. The van der Waals surface area contributed by atoms with Crippen molar-refractivity contribution in [2.45, 2.75) is 6.10 Å². The van der Waals surface area contributed by atoms with Gasteiger partial charge in [-0.2, -0.15) is 0 Å². The van der Waals surface area contributed by atoms with Crippen molar-refractivity contribution in [1.29, 1.82) is 0 Å². The van der Waals surface area contributed by atoms with E-state index in [1.165, 1.54) is 0 Å². The number of anilines is 2. The predicted octanol–water partition coefficient (Wildman–Crippen LogP) is 0.866. The van der Waals surface area contributed by atoms with Crippen molar-refractivity contribution < 1.29 is 4.74 Å². The summed E-state index contributed by atoms with van der Waals surface area (Å²) in [6.45, 7) is 3.60. The molecule has 0 amide bonds. The lowest BCUT2D eigenvalue weighted by Gasteiger charge is -2.30. The first-order chi connectivity index (χ1) is 8.28. The number of pyridine rings is 1. The maximum absolute atomic E-state index is 5.68. The molecule has 5 nitrogen and oxygen atoms in total. The first-order valence-electron chi connectivity index (χ1n) is 5.97. The normalized spacial score (nSPS) is 21.2. The lowest BCUT2D eigenvalue weighted by atomic mass is 10.3. The highest BCUT2D eigenvalue weighted by atomic mass is 16.5. The summed E-state index contributed by atoms with van der Waals surface area (Å²) in [6, 6.07) is 5.89. The van der Waals surface area contributed by atoms with Gasteiger partial charge in [0.1, 0.15) is 11.6 Å². The van der Waals surface area contributed by atoms with E-state index in [1.807, 2.05) is 25.2 Å². The smallest absolute Gasteiger partial charge is 0.128 e. The summed E-state index contributed by atoms with van der Waals surface area (Å²) in [7, 11) is 3.99. The van der Waals surface area contributed by atoms with Crippen molar-refractivity contribution in [3.05, 3.63) is 18.2 Å². The molecule has 2 heterocycles. The minimum atomic E-state index is 0.244. The van der Waals surface area contributed by atoms with Gasteiger partial charge >= 0.3 is 0 Å². The maximum Gasteiger partial charge on any atom is 0.128 e. The molecule has 0 radical (unpaired) electrons. The summed E-state index contributed by atoms with van der Waals surface area (Å²) in [5.74, 6) is 1.75. The van der Waals surface area contributed by atoms with Crippen molar-refractivity contribution in [2.24, 2.45) is 0 Å². The van der Waals surface area contributed by atoms with Gasteiger partial charge in [-0.1, -0.05) is 6.07 Å². The van der Waals surface area contributed by atoms with Crippen LogP contribution >= 0.6 is 0 Å². The first kappa shape index (κ1) is 12.1. The fourth-order valence-corrected chi connectivity index (χ4v) is 1.88. The Kier molecular flexibility index (Phi) is 4.17. The molecule has 1 aliphatic rings. The van der Waals surface area contributed by atoms with E-state index in [-0.39, 0.29) is 6.10 Å². The van der Waals surface area contributed by atoms with Crippen LogP contribution in [0.2, 0.25) is 0 Å². The zero-order chi connectivity index (χ0) is 12.1. The topological polar surface area (TPSA) is 49.4 Å². The maximum atomic E-state index is 5.68. The second-order valence-corrected chi connectivity index (χ2v) is 4.29. The fourth-order valence-electron chi connectivity index (χ4n) is 1.88. The molecule has 0 aliphatic carbocycles. The van der Waals surface area contributed by atoms with Gasteiger partial charge in [-0.05, 0) is 19.2 Å². The van der Waals surface area contributed by atoms with E-state index >= 15 is 0 Å². The molecule has 0 aromatic carbocycles. The molecule has 2 N–H and O–H groups in total. The van der Waals surface area contributed by atoms with Gasteiger partial charge in [0, 0.05) is 26.7 Å². The average molecular weight is 236 g/mol. The second-order valence-electron chi connectivity index (χ2n) is 4.29. The number of hydrogen-bond donors (Lipinski definition) is 2. The van der Waals surface area contributed by atoms with Crippen LogP contribution in [0.3, 0.4) is 0 Å². The summed E-state index contributed by atoms with van der Waals surface area (Å²) >= 11 is 0. The largest absolute Gasteiger partial charge is 0.374 e. The van der Waals surface area contributed by atoms with E-state index in [0.29, 0.717) is 0 Å². The summed E-state index contributed by atoms with van der Waals surface area (Å²) in [5.41, 5.74) is 0. The van der Waals surface area contributed by atoms with Gasteiger partial charge in [-0.25, -0.2) is 4.98 Å². The lowest BCUT2D eigenvalue weighted by molar-refractivity contribution is -0.0117. The van der Waals surface area contributed by atoms with Crippen molar-refractivity contribution in [1.82, 2.24) is 9.88 Å².